The van der Waals surface area contributed by atoms with Crippen LogP contribution in [0, 0.1) is 5.82 Å². The summed E-state index contributed by atoms with van der Waals surface area (Å²) in [6.45, 7) is 0. The molecular weight excluding hydrogens is 393 g/mol. The van der Waals surface area contributed by atoms with E-state index in [4.69, 9.17) is 9.15 Å². The summed E-state index contributed by atoms with van der Waals surface area (Å²) >= 11 is 0. The van der Waals surface area contributed by atoms with Gasteiger partial charge in [0.25, 0.3) is 11.7 Å². The first-order valence-electron chi connectivity index (χ1n) is 8.90. The number of rotatable bonds is 4. The first-order valence-corrected chi connectivity index (χ1v) is 8.90. The standard InChI is InChI=1S/C22H16FNO6/c1-29-16-9-8-12(23)11-13(16)20(26)18-19(17-7-4-10-30-17)24(22(28)21(18)27)14-5-2-3-6-15(14)25/h2-11,19,25-26H,1H3/b20-18-. The van der Waals surface area contributed by atoms with Crippen molar-refractivity contribution in [2.24, 2.45) is 0 Å². The molecule has 3 aromatic rings. The number of nitrogens with zero attached hydrogens (tertiary/aromatic N) is 1. The second-order valence-electron chi connectivity index (χ2n) is 6.52. The minimum atomic E-state index is -1.18. The van der Waals surface area contributed by atoms with Gasteiger partial charge in [0.2, 0.25) is 0 Å². The average molecular weight is 409 g/mol. The highest BCUT2D eigenvalue weighted by Gasteiger charge is 2.49. The van der Waals surface area contributed by atoms with E-state index in [0.717, 1.165) is 17.0 Å². The van der Waals surface area contributed by atoms with Crippen molar-refractivity contribution in [3.8, 4) is 11.5 Å². The Balaban J connectivity index is 1.98. The number of ketones is 1. The number of carbonyl (C=O) groups excluding carboxylic acids is 2. The number of furan rings is 1. The van der Waals surface area contributed by atoms with Gasteiger partial charge in [-0.3, -0.25) is 14.5 Å². The van der Waals surface area contributed by atoms with E-state index in [1.807, 2.05) is 0 Å². The third-order valence-electron chi connectivity index (χ3n) is 4.82. The van der Waals surface area contributed by atoms with Gasteiger partial charge in [-0.25, -0.2) is 4.39 Å². The van der Waals surface area contributed by atoms with Crippen molar-refractivity contribution in [3.63, 3.8) is 0 Å². The van der Waals surface area contributed by atoms with Gasteiger partial charge < -0.3 is 19.4 Å². The molecule has 1 aliphatic heterocycles. The Morgan fingerprint density at radius 3 is 2.57 bits per heavy atom. The van der Waals surface area contributed by atoms with Crippen LogP contribution in [0.2, 0.25) is 0 Å². The maximum atomic E-state index is 13.9. The fourth-order valence-corrected chi connectivity index (χ4v) is 3.48. The molecule has 1 aliphatic rings. The lowest BCUT2D eigenvalue weighted by Crippen LogP contribution is -2.29. The SMILES string of the molecule is COc1ccc(F)cc1/C(O)=C1/C(=O)C(=O)N(c2ccccc2O)C1c1ccco1. The van der Waals surface area contributed by atoms with Crippen LogP contribution < -0.4 is 9.64 Å². The number of ether oxygens (including phenoxy) is 1. The maximum Gasteiger partial charge on any atom is 0.300 e. The van der Waals surface area contributed by atoms with Crippen LogP contribution in [-0.2, 0) is 9.59 Å². The number of halogens is 1. The molecule has 1 unspecified atom stereocenters. The van der Waals surface area contributed by atoms with E-state index in [0.29, 0.717) is 0 Å². The van der Waals surface area contributed by atoms with Crippen LogP contribution in [-0.4, -0.2) is 29.0 Å². The number of hydrogen-bond donors (Lipinski definition) is 2. The number of Topliss-reactive ketones (excluding diaryl/α,β-unsaturated/α-hetero) is 1. The highest BCUT2D eigenvalue weighted by molar-refractivity contribution is 6.51. The largest absolute Gasteiger partial charge is 0.507 e. The third-order valence-corrected chi connectivity index (χ3v) is 4.82. The Morgan fingerprint density at radius 1 is 1.13 bits per heavy atom. The second-order valence-corrected chi connectivity index (χ2v) is 6.52. The molecule has 1 saturated heterocycles. The summed E-state index contributed by atoms with van der Waals surface area (Å²) in [7, 11) is 1.33. The van der Waals surface area contributed by atoms with Crippen LogP contribution in [0.25, 0.3) is 5.76 Å². The molecule has 1 atom stereocenters. The second kappa shape index (κ2) is 7.40. The number of aliphatic hydroxyl groups is 1. The Labute approximate surface area is 170 Å². The molecule has 8 heteroatoms. The van der Waals surface area contributed by atoms with E-state index in [1.165, 1.54) is 37.6 Å². The van der Waals surface area contributed by atoms with E-state index < -0.39 is 29.3 Å². The molecule has 0 radical (unpaired) electrons. The van der Waals surface area contributed by atoms with Gasteiger partial charge in [-0.1, -0.05) is 12.1 Å². The monoisotopic (exact) mass is 409 g/mol. The van der Waals surface area contributed by atoms with E-state index in [1.54, 1.807) is 18.2 Å². The molecule has 152 valence electrons. The fourth-order valence-electron chi connectivity index (χ4n) is 3.48. The maximum absolute atomic E-state index is 13.9. The van der Waals surface area contributed by atoms with Crippen molar-refractivity contribution in [1.29, 1.82) is 0 Å². The molecule has 1 amide bonds. The molecule has 2 heterocycles. The molecule has 4 rings (SSSR count). The molecule has 0 spiro atoms. The lowest BCUT2D eigenvalue weighted by atomic mass is 9.98. The van der Waals surface area contributed by atoms with E-state index in [9.17, 15) is 24.2 Å². The number of phenols is 1. The van der Waals surface area contributed by atoms with Crippen molar-refractivity contribution >= 4 is 23.1 Å². The Bertz CT molecular complexity index is 1170. The quantitative estimate of drug-likeness (QED) is 0.387. The smallest absolute Gasteiger partial charge is 0.300 e. The van der Waals surface area contributed by atoms with Gasteiger partial charge in [-0.15, -0.1) is 0 Å². The topological polar surface area (TPSA) is 100 Å². The van der Waals surface area contributed by atoms with Gasteiger partial charge in [0.05, 0.1) is 30.2 Å². The Morgan fingerprint density at radius 2 is 1.90 bits per heavy atom. The first-order chi connectivity index (χ1) is 14.4. The molecule has 0 saturated carbocycles. The lowest BCUT2D eigenvalue weighted by Gasteiger charge is -2.24. The van der Waals surface area contributed by atoms with Crippen LogP contribution in [0.1, 0.15) is 17.4 Å². The van der Waals surface area contributed by atoms with Gasteiger partial charge in [0, 0.05) is 0 Å². The number of benzene rings is 2. The number of hydrogen-bond acceptors (Lipinski definition) is 6. The molecule has 30 heavy (non-hydrogen) atoms. The Kier molecular flexibility index (Phi) is 4.75. The molecule has 1 fully saturated rings. The van der Waals surface area contributed by atoms with Crippen LogP contribution in [0.5, 0.6) is 11.5 Å². The number of amides is 1. The van der Waals surface area contributed by atoms with Gasteiger partial charge in [0.15, 0.2) is 0 Å². The number of carbonyl (C=O) groups is 2. The molecular formula is C22H16FNO6. The molecule has 0 bridgehead atoms. The highest BCUT2D eigenvalue weighted by atomic mass is 19.1. The van der Waals surface area contributed by atoms with Gasteiger partial charge in [-0.2, -0.15) is 0 Å². The number of methoxy groups -OCH3 is 1. The lowest BCUT2D eigenvalue weighted by molar-refractivity contribution is -0.132. The van der Waals surface area contributed by atoms with Gasteiger partial charge in [0.1, 0.15) is 34.9 Å². The van der Waals surface area contributed by atoms with Crippen LogP contribution in [0.4, 0.5) is 10.1 Å². The number of para-hydroxylation sites is 2. The van der Waals surface area contributed by atoms with Gasteiger partial charge in [-0.05, 0) is 42.5 Å². The van der Waals surface area contributed by atoms with Crippen molar-refractivity contribution < 1.29 is 33.3 Å². The molecule has 0 aliphatic carbocycles. The third kappa shape index (κ3) is 2.98. The average Bonchev–Trinajstić information content (AvgIpc) is 3.35. The summed E-state index contributed by atoms with van der Waals surface area (Å²) in [5, 5.41) is 21.2. The number of aromatic hydroxyl groups is 1. The van der Waals surface area contributed by atoms with E-state index >= 15 is 0 Å². The van der Waals surface area contributed by atoms with Crippen molar-refractivity contribution in [2.45, 2.75) is 6.04 Å². The van der Waals surface area contributed by atoms with Gasteiger partial charge >= 0.3 is 0 Å². The molecule has 7 nitrogen and oxygen atoms in total. The molecule has 1 aromatic heterocycles. The van der Waals surface area contributed by atoms with E-state index in [-0.39, 0.29) is 34.1 Å². The van der Waals surface area contributed by atoms with Crippen LogP contribution >= 0.6 is 0 Å². The molecule has 2 N–H and O–H groups in total. The summed E-state index contributed by atoms with van der Waals surface area (Å²) in [5.74, 6) is -3.22. The zero-order valence-corrected chi connectivity index (χ0v) is 15.7. The predicted octanol–water partition coefficient (Wildman–Crippen LogP) is 3.76. The fraction of sp³-hybridized carbons (Fsp3) is 0.0909. The summed E-state index contributed by atoms with van der Waals surface area (Å²) in [6.07, 6.45) is 1.35. The number of phenolic OH excluding ortho intramolecular Hbond substituents is 1. The normalized spacial score (nSPS) is 18.1. The van der Waals surface area contributed by atoms with E-state index in [2.05, 4.69) is 0 Å². The van der Waals surface area contributed by atoms with Crippen molar-refractivity contribution in [2.75, 3.05) is 12.0 Å². The first kappa shape index (κ1) is 19.3. The zero-order valence-electron chi connectivity index (χ0n) is 15.7. The van der Waals surface area contributed by atoms with Crippen molar-refractivity contribution in [1.82, 2.24) is 0 Å². The Hall–Kier alpha value is -4.07. The number of aliphatic hydroxyl groups excluding tert-OH is 1. The van der Waals surface area contributed by atoms with Crippen molar-refractivity contribution in [3.05, 3.63) is 83.6 Å². The summed E-state index contributed by atoms with van der Waals surface area (Å²) in [5.41, 5.74) is -0.349. The minimum Gasteiger partial charge on any atom is -0.507 e. The summed E-state index contributed by atoms with van der Waals surface area (Å²) in [6, 6.07) is 11.3. The predicted molar refractivity (Wildman–Crippen MR) is 105 cm³/mol. The minimum absolute atomic E-state index is 0.0613. The van der Waals surface area contributed by atoms with Crippen LogP contribution in [0.15, 0.2) is 70.9 Å². The zero-order chi connectivity index (χ0) is 21.4. The highest BCUT2D eigenvalue weighted by Crippen LogP contribution is 2.45. The number of anilines is 1. The van der Waals surface area contributed by atoms with Crippen LogP contribution in [0.3, 0.4) is 0 Å². The summed E-state index contributed by atoms with van der Waals surface area (Å²) < 4.78 is 24.5. The summed E-state index contributed by atoms with van der Waals surface area (Å²) in [4.78, 5) is 26.9. The molecule has 2 aromatic carbocycles.